The number of carbonyl (C=O) groups excluding carboxylic acids is 2. The number of esters is 1. The second kappa shape index (κ2) is 6.85. The number of rotatable bonds is 4. The molecule has 1 aliphatic heterocycles. The van der Waals surface area contributed by atoms with Crippen molar-refractivity contribution in [3.63, 3.8) is 0 Å². The topological polar surface area (TPSA) is 46.6 Å². The number of ketones is 1. The highest BCUT2D eigenvalue weighted by Gasteiger charge is 2.33. The van der Waals surface area contributed by atoms with Crippen molar-refractivity contribution in [2.75, 3.05) is 20.2 Å². The van der Waals surface area contributed by atoms with E-state index in [1.807, 2.05) is 0 Å². The van der Waals surface area contributed by atoms with Gasteiger partial charge in [-0.15, -0.1) is 0 Å². The van der Waals surface area contributed by atoms with E-state index in [2.05, 4.69) is 43.0 Å². The molecule has 0 aromatic heterocycles. The zero-order valence-electron chi connectivity index (χ0n) is 13.0. The fourth-order valence-corrected chi connectivity index (χ4v) is 2.65. The molecule has 1 unspecified atom stereocenters. The van der Waals surface area contributed by atoms with Crippen LogP contribution >= 0.6 is 0 Å². The maximum atomic E-state index is 11.8. The molecule has 2 rings (SSSR count). The van der Waals surface area contributed by atoms with Crippen molar-refractivity contribution in [3.05, 3.63) is 35.4 Å². The summed E-state index contributed by atoms with van der Waals surface area (Å²) in [5, 5.41) is 0. The van der Waals surface area contributed by atoms with E-state index < -0.39 is 11.9 Å². The number of Topliss-reactive ketones (excluding diaryl/α,β-unsaturated/α-hetero) is 1. The van der Waals surface area contributed by atoms with Gasteiger partial charge in [0.1, 0.15) is 11.7 Å². The van der Waals surface area contributed by atoms with E-state index in [0.717, 1.165) is 6.54 Å². The molecule has 0 amide bonds. The highest BCUT2D eigenvalue weighted by molar-refractivity contribution is 5.99. The number of nitrogens with zero attached hydrogens (tertiary/aromatic N) is 1. The molecule has 0 spiro atoms. The van der Waals surface area contributed by atoms with Crippen LogP contribution in [-0.2, 0) is 20.9 Å². The fourth-order valence-electron chi connectivity index (χ4n) is 2.65. The molecule has 1 saturated heterocycles. The zero-order chi connectivity index (χ0) is 15.4. The van der Waals surface area contributed by atoms with Gasteiger partial charge in [-0.25, -0.2) is 0 Å². The van der Waals surface area contributed by atoms with E-state index in [1.54, 1.807) is 0 Å². The van der Waals surface area contributed by atoms with Crippen LogP contribution in [0.25, 0.3) is 0 Å². The lowest BCUT2D eigenvalue weighted by Crippen LogP contribution is -2.44. The smallest absolute Gasteiger partial charge is 0.317 e. The van der Waals surface area contributed by atoms with Crippen LogP contribution in [0.1, 0.15) is 37.3 Å². The Kier molecular flexibility index (Phi) is 5.12. The molecule has 0 bridgehead atoms. The first-order valence-corrected chi connectivity index (χ1v) is 7.43. The van der Waals surface area contributed by atoms with Crippen LogP contribution in [0.3, 0.4) is 0 Å². The van der Waals surface area contributed by atoms with Crippen molar-refractivity contribution in [2.45, 2.75) is 32.7 Å². The molecule has 21 heavy (non-hydrogen) atoms. The fraction of sp³-hybridized carbons (Fsp3) is 0.529. The first-order valence-electron chi connectivity index (χ1n) is 7.43. The number of likely N-dealkylation sites (tertiary alicyclic amines) is 1. The summed E-state index contributed by atoms with van der Waals surface area (Å²) in [5.74, 6) is -0.526. The molecule has 0 saturated carbocycles. The maximum Gasteiger partial charge on any atom is 0.317 e. The standard InChI is InChI=1S/C17H23NO3/c1-12(2)14-6-4-13(5-7-14)10-18-9-8-16(19)15(11-18)17(20)21-3/h4-7,12,15H,8-11H2,1-3H3. The zero-order valence-corrected chi connectivity index (χ0v) is 13.0. The Morgan fingerprint density at radius 1 is 1.33 bits per heavy atom. The van der Waals surface area contributed by atoms with Crippen LogP contribution in [0.4, 0.5) is 0 Å². The normalized spacial score (nSPS) is 19.8. The summed E-state index contributed by atoms with van der Waals surface area (Å²) >= 11 is 0. The van der Waals surface area contributed by atoms with Crippen LogP contribution in [0.5, 0.6) is 0 Å². The van der Waals surface area contributed by atoms with Gasteiger partial charge in [0, 0.05) is 26.1 Å². The van der Waals surface area contributed by atoms with Gasteiger partial charge >= 0.3 is 5.97 Å². The van der Waals surface area contributed by atoms with E-state index in [-0.39, 0.29) is 5.78 Å². The summed E-state index contributed by atoms with van der Waals surface area (Å²) in [6, 6.07) is 8.54. The molecule has 1 atom stereocenters. The van der Waals surface area contributed by atoms with Crippen LogP contribution in [0.15, 0.2) is 24.3 Å². The minimum atomic E-state index is -0.626. The first-order chi connectivity index (χ1) is 10.0. The number of hydrogen-bond donors (Lipinski definition) is 0. The average molecular weight is 289 g/mol. The second-order valence-electron chi connectivity index (χ2n) is 5.92. The van der Waals surface area contributed by atoms with Crippen LogP contribution in [0, 0.1) is 5.92 Å². The lowest BCUT2D eigenvalue weighted by atomic mass is 9.96. The van der Waals surface area contributed by atoms with Gasteiger partial charge in [0.15, 0.2) is 0 Å². The third-order valence-corrected chi connectivity index (χ3v) is 4.04. The summed E-state index contributed by atoms with van der Waals surface area (Å²) in [7, 11) is 1.33. The number of carbonyl (C=O) groups is 2. The lowest BCUT2D eigenvalue weighted by molar-refractivity contribution is -0.152. The van der Waals surface area contributed by atoms with E-state index in [1.165, 1.54) is 18.2 Å². The SMILES string of the molecule is COC(=O)C1CN(Cc2ccc(C(C)C)cc2)CCC1=O. The van der Waals surface area contributed by atoms with Crippen molar-refractivity contribution in [1.82, 2.24) is 4.90 Å². The maximum absolute atomic E-state index is 11.8. The summed E-state index contributed by atoms with van der Waals surface area (Å²) in [5.41, 5.74) is 2.53. The lowest BCUT2D eigenvalue weighted by Gasteiger charge is -2.30. The monoisotopic (exact) mass is 289 g/mol. The van der Waals surface area contributed by atoms with Crippen molar-refractivity contribution < 1.29 is 14.3 Å². The molecule has 0 radical (unpaired) electrons. The molecule has 1 aromatic rings. The highest BCUT2D eigenvalue weighted by atomic mass is 16.5. The summed E-state index contributed by atoms with van der Waals surface area (Å²) in [6.45, 7) is 6.27. The number of ether oxygens (including phenoxy) is 1. The minimum Gasteiger partial charge on any atom is -0.468 e. The summed E-state index contributed by atoms with van der Waals surface area (Å²) < 4.78 is 4.71. The van der Waals surface area contributed by atoms with Crippen LogP contribution < -0.4 is 0 Å². The molecule has 114 valence electrons. The van der Waals surface area contributed by atoms with Gasteiger partial charge in [0.2, 0.25) is 0 Å². The molecular formula is C17H23NO3. The van der Waals surface area contributed by atoms with E-state index in [4.69, 9.17) is 4.74 Å². The number of benzene rings is 1. The Morgan fingerprint density at radius 3 is 2.57 bits per heavy atom. The number of hydrogen-bond acceptors (Lipinski definition) is 4. The Hall–Kier alpha value is -1.68. The van der Waals surface area contributed by atoms with Crippen LogP contribution in [-0.4, -0.2) is 36.9 Å². The minimum absolute atomic E-state index is 0.00624. The molecule has 4 heteroatoms. The van der Waals surface area contributed by atoms with Crippen molar-refractivity contribution >= 4 is 11.8 Å². The molecular weight excluding hydrogens is 266 g/mol. The van der Waals surface area contributed by atoms with E-state index in [0.29, 0.717) is 25.4 Å². The van der Waals surface area contributed by atoms with Gasteiger partial charge in [-0.05, 0) is 17.0 Å². The molecule has 1 aliphatic rings. The van der Waals surface area contributed by atoms with Gasteiger partial charge in [0.25, 0.3) is 0 Å². The predicted molar refractivity (Wildman–Crippen MR) is 80.9 cm³/mol. The molecule has 1 aromatic carbocycles. The predicted octanol–water partition coefficient (Wildman–Crippen LogP) is 2.37. The van der Waals surface area contributed by atoms with Crippen LogP contribution in [0.2, 0.25) is 0 Å². The first kappa shape index (κ1) is 15.7. The molecule has 1 heterocycles. The second-order valence-corrected chi connectivity index (χ2v) is 5.92. The Labute approximate surface area is 126 Å². The summed E-state index contributed by atoms with van der Waals surface area (Å²) in [6.07, 6.45) is 0.420. The van der Waals surface area contributed by atoms with Crippen molar-refractivity contribution in [2.24, 2.45) is 5.92 Å². The van der Waals surface area contributed by atoms with Gasteiger partial charge in [-0.3, -0.25) is 14.5 Å². The largest absolute Gasteiger partial charge is 0.468 e. The Balaban J connectivity index is 1.99. The van der Waals surface area contributed by atoms with Gasteiger partial charge < -0.3 is 4.74 Å². The highest BCUT2D eigenvalue weighted by Crippen LogP contribution is 2.19. The molecule has 0 aliphatic carbocycles. The van der Waals surface area contributed by atoms with E-state index >= 15 is 0 Å². The quantitative estimate of drug-likeness (QED) is 0.630. The number of methoxy groups -OCH3 is 1. The molecule has 1 fully saturated rings. The van der Waals surface area contributed by atoms with Gasteiger partial charge in [-0.2, -0.15) is 0 Å². The third kappa shape index (κ3) is 3.91. The third-order valence-electron chi connectivity index (χ3n) is 4.04. The number of piperidine rings is 1. The van der Waals surface area contributed by atoms with Crippen molar-refractivity contribution in [1.29, 1.82) is 0 Å². The van der Waals surface area contributed by atoms with E-state index in [9.17, 15) is 9.59 Å². The molecule has 4 nitrogen and oxygen atoms in total. The van der Waals surface area contributed by atoms with Crippen molar-refractivity contribution in [3.8, 4) is 0 Å². The van der Waals surface area contributed by atoms with Gasteiger partial charge in [-0.1, -0.05) is 38.1 Å². The summed E-state index contributed by atoms with van der Waals surface area (Å²) in [4.78, 5) is 25.6. The Bertz CT molecular complexity index is 499. The average Bonchev–Trinajstić information content (AvgIpc) is 2.49. The van der Waals surface area contributed by atoms with Gasteiger partial charge in [0.05, 0.1) is 7.11 Å². The molecule has 0 N–H and O–H groups in total. The Morgan fingerprint density at radius 2 is 2.00 bits per heavy atom.